The van der Waals surface area contributed by atoms with Gasteiger partial charge in [-0.25, -0.2) is 0 Å². The van der Waals surface area contributed by atoms with E-state index < -0.39 is 0 Å². The molecule has 0 aromatic carbocycles. The maximum atomic E-state index is 11.8. The molecular formula is C11H14ClN3O2. The highest BCUT2D eigenvalue weighted by molar-refractivity contribution is 6.29. The van der Waals surface area contributed by atoms with Crippen LogP contribution in [0.1, 0.15) is 25.7 Å². The van der Waals surface area contributed by atoms with Gasteiger partial charge in [0.25, 0.3) is 0 Å². The molecule has 6 heteroatoms. The first-order chi connectivity index (χ1) is 8.13. The maximum Gasteiger partial charge on any atom is 0.228 e. The van der Waals surface area contributed by atoms with E-state index in [1.165, 1.54) is 0 Å². The summed E-state index contributed by atoms with van der Waals surface area (Å²) in [5.41, 5.74) is -0.274. The molecule has 0 aliphatic heterocycles. The molecule has 1 fully saturated rings. The molecule has 1 aromatic heterocycles. The smallest absolute Gasteiger partial charge is 0.228 e. The molecular weight excluding hydrogens is 242 g/mol. The lowest BCUT2D eigenvalue weighted by molar-refractivity contribution is -0.129. The van der Waals surface area contributed by atoms with Gasteiger partial charge in [0.05, 0.1) is 12.0 Å². The highest BCUT2D eigenvalue weighted by atomic mass is 35.5. The van der Waals surface area contributed by atoms with Gasteiger partial charge in [-0.3, -0.25) is 4.79 Å². The first kappa shape index (κ1) is 12.3. The van der Waals surface area contributed by atoms with Crippen LogP contribution in [0, 0.1) is 0 Å². The van der Waals surface area contributed by atoms with Crippen LogP contribution in [0.2, 0.25) is 5.15 Å². The third-order valence-electron chi connectivity index (χ3n) is 3.08. The van der Waals surface area contributed by atoms with Crippen LogP contribution >= 0.6 is 11.6 Å². The molecule has 1 aliphatic rings. The highest BCUT2D eigenvalue weighted by Crippen LogP contribution is 2.38. The van der Waals surface area contributed by atoms with Gasteiger partial charge in [0.2, 0.25) is 5.91 Å². The third-order valence-corrected chi connectivity index (χ3v) is 3.28. The maximum absolute atomic E-state index is 11.8. The summed E-state index contributed by atoms with van der Waals surface area (Å²) < 4.78 is 5.38. The number of rotatable bonds is 4. The molecule has 1 heterocycles. The first-order valence-electron chi connectivity index (χ1n) is 5.48. The van der Waals surface area contributed by atoms with E-state index in [2.05, 4.69) is 15.5 Å². The van der Waals surface area contributed by atoms with Gasteiger partial charge >= 0.3 is 0 Å². The van der Waals surface area contributed by atoms with Crippen LogP contribution in [-0.4, -0.2) is 28.8 Å². The number of nitrogens with zero attached hydrogens (tertiary/aromatic N) is 2. The number of carbonyl (C=O) groups is 1. The van der Waals surface area contributed by atoms with Gasteiger partial charge in [0.15, 0.2) is 11.0 Å². The molecule has 0 radical (unpaired) electrons. The number of carbonyl (C=O) groups excluding carboxylic acids is 1. The number of anilines is 1. The summed E-state index contributed by atoms with van der Waals surface area (Å²) in [5.74, 6) is 0.299. The fourth-order valence-electron chi connectivity index (χ4n) is 1.89. The summed E-state index contributed by atoms with van der Waals surface area (Å²) in [6, 6.07) is 3.20. The van der Waals surface area contributed by atoms with E-state index in [1.807, 2.05) is 0 Å². The van der Waals surface area contributed by atoms with Gasteiger partial charge < -0.3 is 10.1 Å². The molecule has 0 spiro atoms. The second kappa shape index (κ2) is 4.98. The summed E-state index contributed by atoms with van der Waals surface area (Å²) in [6.07, 6.45) is 3.34. The monoisotopic (exact) mass is 255 g/mol. The van der Waals surface area contributed by atoms with E-state index in [1.54, 1.807) is 19.2 Å². The predicted octanol–water partition coefficient (Wildman–Crippen LogP) is 2.03. The van der Waals surface area contributed by atoms with Gasteiger partial charge in [0, 0.05) is 7.11 Å². The molecule has 1 saturated carbocycles. The molecule has 0 unspecified atom stereocenters. The molecule has 0 bridgehead atoms. The van der Waals surface area contributed by atoms with Crippen molar-refractivity contribution in [3.8, 4) is 0 Å². The van der Waals surface area contributed by atoms with Gasteiger partial charge in [-0.05, 0) is 31.4 Å². The van der Waals surface area contributed by atoms with Crippen molar-refractivity contribution in [2.75, 3.05) is 12.4 Å². The Bertz CT molecular complexity index is 398. The van der Waals surface area contributed by atoms with Crippen molar-refractivity contribution < 1.29 is 9.53 Å². The summed E-state index contributed by atoms with van der Waals surface area (Å²) in [6.45, 7) is 0. The van der Waals surface area contributed by atoms with Gasteiger partial charge in [0.1, 0.15) is 0 Å². The molecule has 1 N–H and O–H groups in total. The van der Waals surface area contributed by atoms with Crippen LogP contribution in [0.3, 0.4) is 0 Å². The van der Waals surface area contributed by atoms with Crippen LogP contribution in [0.4, 0.5) is 5.82 Å². The zero-order valence-corrected chi connectivity index (χ0v) is 10.3. The Morgan fingerprint density at radius 1 is 1.53 bits per heavy atom. The van der Waals surface area contributed by atoms with Crippen molar-refractivity contribution in [1.82, 2.24) is 10.2 Å². The van der Waals surface area contributed by atoms with Gasteiger partial charge in [-0.1, -0.05) is 11.6 Å². The predicted molar refractivity (Wildman–Crippen MR) is 63.9 cm³/mol. The summed E-state index contributed by atoms with van der Waals surface area (Å²) in [7, 11) is 1.65. The molecule has 5 nitrogen and oxygen atoms in total. The van der Waals surface area contributed by atoms with Crippen LogP contribution in [-0.2, 0) is 9.53 Å². The van der Waals surface area contributed by atoms with Gasteiger partial charge in [-0.15, -0.1) is 10.2 Å². The normalized spacial score (nSPS) is 17.3. The third kappa shape index (κ3) is 2.92. The molecule has 2 rings (SSSR count). The Labute approximate surface area is 105 Å². The van der Waals surface area contributed by atoms with Crippen molar-refractivity contribution in [3.63, 3.8) is 0 Å². The Hall–Kier alpha value is -1.20. The zero-order chi connectivity index (χ0) is 12.3. The number of hydrogen-bond acceptors (Lipinski definition) is 4. The van der Waals surface area contributed by atoms with Crippen molar-refractivity contribution in [1.29, 1.82) is 0 Å². The minimum absolute atomic E-state index is 0.108. The summed E-state index contributed by atoms with van der Waals surface area (Å²) >= 11 is 5.60. The Morgan fingerprint density at radius 2 is 2.29 bits per heavy atom. The summed E-state index contributed by atoms with van der Waals surface area (Å²) in [4.78, 5) is 11.8. The topological polar surface area (TPSA) is 64.1 Å². The minimum atomic E-state index is -0.274. The van der Waals surface area contributed by atoms with E-state index >= 15 is 0 Å². The van der Waals surface area contributed by atoms with E-state index in [4.69, 9.17) is 16.3 Å². The number of methoxy groups -OCH3 is 1. The van der Waals surface area contributed by atoms with Crippen molar-refractivity contribution >= 4 is 23.3 Å². The lowest BCUT2D eigenvalue weighted by atomic mass is 9.77. The summed E-state index contributed by atoms with van der Waals surface area (Å²) in [5, 5.41) is 10.4. The van der Waals surface area contributed by atoms with E-state index in [-0.39, 0.29) is 11.5 Å². The second-order valence-electron chi connectivity index (χ2n) is 4.21. The molecule has 92 valence electrons. The minimum Gasteiger partial charge on any atom is -0.378 e. The van der Waals surface area contributed by atoms with Crippen LogP contribution < -0.4 is 5.32 Å². The van der Waals surface area contributed by atoms with E-state index in [9.17, 15) is 4.79 Å². The molecule has 1 aliphatic carbocycles. The average Bonchev–Trinajstić information content (AvgIpc) is 2.27. The molecule has 1 aromatic rings. The second-order valence-corrected chi connectivity index (χ2v) is 4.59. The Balaban J connectivity index is 1.91. The number of aromatic nitrogens is 2. The lowest BCUT2D eigenvalue weighted by Gasteiger charge is -2.39. The standard InChI is InChI=1S/C11H14ClN3O2/c1-17-11(5-2-6-11)7-10(16)13-9-4-3-8(12)14-15-9/h3-4H,2,5-7H2,1H3,(H,13,15,16). The fraction of sp³-hybridized carbons (Fsp3) is 0.545. The van der Waals surface area contributed by atoms with Crippen LogP contribution in [0.25, 0.3) is 0 Å². The average molecular weight is 256 g/mol. The Kier molecular flexibility index (Phi) is 3.59. The number of ether oxygens (including phenoxy) is 1. The highest BCUT2D eigenvalue weighted by Gasteiger charge is 2.39. The molecule has 0 saturated heterocycles. The number of nitrogens with one attached hydrogen (secondary N) is 1. The van der Waals surface area contributed by atoms with Crippen molar-refractivity contribution in [2.45, 2.75) is 31.3 Å². The van der Waals surface area contributed by atoms with E-state index in [0.717, 1.165) is 19.3 Å². The molecule has 1 amide bonds. The van der Waals surface area contributed by atoms with Crippen molar-refractivity contribution in [2.24, 2.45) is 0 Å². The lowest BCUT2D eigenvalue weighted by Crippen LogP contribution is -2.42. The van der Waals surface area contributed by atoms with Crippen LogP contribution in [0.5, 0.6) is 0 Å². The number of halogens is 1. The SMILES string of the molecule is COC1(CC(=O)Nc2ccc(Cl)nn2)CCC1. The Morgan fingerprint density at radius 3 is 2.76 bits per heavy atom. The largest absolute Gasteiger partial charge is 0.378 e. The van der Waals surface area contributed by atoms with E-state index in [0.29, 0.717) is 17.4 Å². The first-order valence-corrected chi connectivity index (χ1v) is 5.86. The fourth-order valence-corrected chi connectivity index (χ4v) is 1.99. The molecule has 0 atom stereocenters. The number of amides is 1. The van der Waals surface area contributed by atoms with Crippen LogP contribution in [0.15, 0.2) is 12.1 Å². The zero-order valence-electron chi connectivity index (χ0n) is 9.57. The van der Waals surface area contributed by atoms with Gasteiger partial charge in [-0.2, -0.15) is 0 Å². The number of hydrogen-bond donors (Lipinski definition) is 1. The quantitative estimate of drug-likeness (QED) is 0.894. The molecule has 17 heavy (non-hydrogen) atoms. The van der Waals surface area contributed by atoms with Crippen molar-refractivity contribution in [3.05, 3.63) is 17.3 Å².